The van der Waals surface area contributed by atoms with Gasteiger partial charge in [-0.1, -0.05) is 0 Å². The van der Waals surface area contributed by atoms with E-state index in [1.165, 1.54) is 0 Å². The van der Waals surface area contributed by atoms with Crippen LogP contribution >= 0.6 is 0 Å². The second-order valence-corrected chi connectivity index (χ2v) is 9.39. The lowest BCUT2D eigenvalue weighted by molar-refractivity contribution is -0.122. The molecule has 0 saturated carbocycles. The maximum Gasteiger partial charge on any atom is 0.336 e. The average Bonchev–Trinajstić information content (AvgIpc) is 2.67. The predicted molar refractivity (Wildman–Crippen MR) is 105 cm³/mol. The van der Waals surface area contributed by atoms with Crippen molar-refractivity contribution in [3.05, 3.63) is 23.8 Å². The zero-order valence-electron chi connectivity index (χ0n) is 16.9. The van der Waals surface area contributed by atoms with Gasteiger partial charge in [0.1, 0.15) is 17.6 Å². The van der Waals surface area contributed by atoms with E-state index in [-0.39, 0.29) is 22.3 Å². The Hall–Kier alpha value is -2.82. The number of nitriles is 1. The Morgan fingerprint density at radius 2 is 1.90 bits per heavy atom. The van der Waals surface area contributed by atoms with Crippen molar-refractivity contribution in [3.8, 4) is 6.07 Å². The molecule has 2 aliphatic heterocycles. The summed E-state index contributed by atoms with van der Waals surface area (Å²) >= 11 is 0. The van der Waals surface area contributed by atoms with Crippen molar-refractivity contribution in [1.82, 2.24) is 20.3 Å². The maximum absolute atomic E-state index is 14.1. The number of hydrogen-bond acceptors (Lipinski definition) is 7. The van der Waals surface area contributed by atoms with Crippen molar-refractivity contribution >= 4 is 27.6 Å². The van der Waals surface area contributed by atoms with Gasteiger partial charge in [0.25, 0.3) is 10.0 Å². The van der Waals surface area contributed by atoms with Crippen molar-refractivity contribution in [2.45, 2.75) is 50.0 Å². The Balaban J connectivity index is 1.75. The summed E-state index contributed by atoms with van der Waals surface area (Å²) in [6, 6.07) is 1.78. The number of benzene rings is 1. The largest absolute Gasteiger partial charge is 0.352 e. The van der Waals surface area contributed by atoms with Crippen LogP contribution in [0.3, 0.4) is 0 Å². The zero-order valence-corrected chi connectivity index (χ0v) is 17.8. The Bertz CT molecular complexity index is 1050. The molecule has 4 N–H and O–H groups in total. The molecule has 1 fully saturated rings. The fourth-order valence-corrected chi connectivity index (χ4v) is 5.62. The second kappa shape index (κ2) is 8.37. The zero-order chi connectivity index (χ0) is 23.1. The molecule has 13 heteroatoms. The minimum atomic E-state index is -4.79. The molecule has 10 nitrogen and oxygen atoms in total. The van der Waals surface area contributed by atoms with Crippen LogP contribution in [0.2, 0.25) is 0 Å². The van der Waals surface area contributed by atoms with Crippen molar-refractivity contribution in [2.24, 2.45) is 5.92 Å². The van der Waals surface area contributed by atoms with Gasteiger partial charge in [-0.25, -0.2) is 26.3 Å². The van der Waals surface area contributed by atoms with Gasteiger partial charge in [0.2, 0.25) is 5.91 Å². The molecule has 0 spiro atoms. The number of nitrogens with zero attached hydrogens (tertiary/aromatic N) is 2. The second-order valence-electron chi connectivity index (χ2n) is 7.59. The van der Waals surface area contributed by atoms with E-state index in [9.17, 15) is 26.8 Å². The number of nitrogens with one attached hydrogen (secondary N) is 4. The van der Waals surface area contributed by atoms with E-state index in [1.54, 1.807) is 6.92 Å². The lowest BCUT2D eigenvalue weighted by Gasteiger charge is -2.42. The van der Waals surface area contributed by atoms with E-state index in [4.69, 9.17) is 5.26 Å². The lowest BCUT2D eigenvalue weighted by Crippen LogP contribution is -2.65. The van der Waals surface area contributed by atoms with Gasteiger partial charge in [-0.3, -0.25) is 15.4 Å². The first-order chi connectivity index (χ1) is 14.5. The number of amides is 3. The highest BCUT2D eigenvalue weighted by Crippen LogP contribution is 2.33. The molecule has 31 heavy (non-hydrogen) atoms. The van der Waals surface area contributed by atoms with Gasteiger partial charge in [-0.2, -0.15) is 5.26 Å². The summed E-state index contributed by atoms with van der Waals surface area (Å²) in [6.45, 7) is 4.50. The molecule has 0 radical (unpaired) electrons. The van der Waals surface area contributed by atoms with E-state index < -0.39 is 62.9 Å². The number of carbonyl (C=O) groups excluding carboxylic acids is 2. The summed E-state index contributed by atoms with van der Waals surface area (Å²) in [5.41, 5.74) is -0.400. The van der Waals surface area contributed by atoms with Crippen molar-refractivity contribution < 1.29 is 26.8 Å². The number of hydrogen-bond donors (Lipinski definition) is 4. The maximum atomic E-state index is 14.1. The molecule has 1 aromatic rings. The van der Waals surface area contributed by atoms with E-state index in [2.05, 4.69) is 27.3 Å². The summed E-state index contributed by atoms with van der Waals surface area (Å²) in [5, 5.41) is 20.0. The summed E-state index contributed by atoms with van der Waals surface area (Å²) < 4.78 is 53.3. The van der Waals surface area contributed by atoms with Crippen LogP contribution in [0.1, 0.15) is 20.8 Å². The van der Waals surface area contributed by atoms with Crippen molar-refractivity contribution in [3.63, 3.8) is 0 Å². The van der Waals surface area contributed by atoms with E-state index in [0.717, 1.165) is 6.07 Å². The van der Waals surface area contributed by atoms with Crippen molar-refractivity contribution in [1.29, 1.82) is 5.26 Å². The number of carbonyl (C=O) groups is 2. The summed E-state index contributed by atoms with van der Waals surface area (Å²) in [6.07, 6.45) is -0.540. The third-order valence-corrected chi connectivity index (χ3v) is 7.25. The minimum absolute atomic E-state index is 0.151. The van der Waals surface area contributed by atoms with Gasteiger partial charge < -0.3 is 10.6 Å². The highest BCUT2D eigenvalue weighted by atomic mass is 32.2. The third-order valence-electron chi connectivity index (χ3n) is 5.46. The van der Waals surface area contributed by atoms with Crippen LogP contribution in [-0.4, -0.2) is 55.5 Å². The van der Waals surface area contributed by atoms with Gasteiger partial charge >= 0.3 is 6.03 Å². The van der Waals surface area contributed by atoms with Crippen LogP contribution < -0.4 is 21.3 Å². The number of urea groups is 1. The molecule has 2 unspecified atom stereocenters. The molecule has 3 atom stereocenters. The smallest absolute Gasteiger partial charge is 0.336 e. The molecule has 1 aromatic carbocycles. The molecule has 1 saturated heterocycles. The van der Waals surface area contributed by atoms with Crippen LogP contribution in [0.4, 0.5) is 19.3 Å². The molecule has 2 aliphatic rings. The predicted octanol–water partition coefficient (Wildman–Crippen LogP) is 0.441. The first kappa shape index (κ1) is 22.9. The third kappa shape index (κ3) is 4.18. The number of sulfonamides is 1. The fourth-order valence-electron chi connectivity index (χ4n) is 4.13. The quantitative estimate of drug-likeness (QED) is 0.515. The molecule has 0 aliphatic carbocycles. The number of fused-ring (bicyclic) bond motifs is 1. The number of anilines is 1. The first-order valence-corrected chi connectivity index (χ1v) is 10.9. The fraction of sp³-hybridized carbons (Fsp3) is 0.500. The SMILES string of the molecule is CC1NC(C#N)NC(C)C1[C@@H](C)NC(=O)CN1C(=O)Nc2ccc(F)c(F)c2S1(=O)=O. The van der Waals surface area contributed by atoms with Gasteiger partial charge in [0, 0.05) is 24.0 Å². The van der Waals surface area contributed by atoms with E-state index >= 15 is 0 Å². The molecular formula is C18H22F2N6O4S. The first-order valence-electron chi connectivity index (χ1n) is 9.50. The standard InChI is InChI=1S/C18H22F2N6O4S/c1-8-15(9(2)23-13(6-21)22-8)10(3)24-14(27)7-26-18(28)25-12-5-4-11(19)16(20)17(12)31(26,29)30/h4-5,8-10,13,15,22-23H,7H2,1-3H3,(H,24,27)(H,25,28)/t8?,9?,10-,13?,15?/m1/s1. The van der Waals surface area contributed by atoms with E-state index in [0.29, 0.717) is 6.07 Å². The Morgan fingerprint density at radius 3 is 2.48 bits per heavy atom. The molecule has 3 rings (SSSR count). The average molecular weight is 456 g/mol. The van der Waals surface area contributed by atoms with Gasteiger partial charge in [-0.05, 0) is 32.9 Å². The van der Waals surface area contributed by atoms with Gasteiger partial charge in [-0.15, -0.1) is 0 Å². The summed E-state index contributed by atoms with van der Waals surface area (Å²) in [4.78, 5) is 23.8. The topological polar surface area (TPSA) is 143 Å². The number of halogens is 2. The number of rotatable bonds is 4. The van der Waals surface area contributed by atoms with E-state index in [1.807, 2.05) is 13.8 Å². The van der Waals surface area contributed by atoms with Crippen LogP contribution in [0, 0.1) is 28.9 Å². The molecule has 0 bridgehead atoms. The summed E-state index contributed by atoms with van der Waals surface area (Å²) in [5.74, 6) is -3.99. The Morgan fingerprint density at radius 1 is 1.29 bits per heavy atom. The summed E-state index contributed by atoms with van der Waals surface area (Å²) in [7, 11) is -4.79. The van der Waals surface area contributed by atoms with Gasteiger partial charge in [0.15, 0.2) is 11.6 Å². The van der Waals surface area contributed by atoms with Crippen molar-refractivity contribution in [2.75, 3.05) is 11.9 Å². The monoisotopic (exact) mass is 456 g/mol. The minimum Gasteiger partial charge on any atom is -0.352 e. The molecular weight excluding hydrogens is 434 g/mol. The van der Waals surface area contributed by atoms with Gasteiger partial charge in [0.05, 0.1) is 11.8 Å². The molecule has 0 aromatic heterocycles. The van der Waals surface area contributed by atoms with Crippen LogP contribution in [0.25, 0.3) is 0 Å². The lowest BCUT2D eigenvalue weighted by atomic mass is 9.85. The molecule has 3 amide bonds. The molecule has 168 valence electrons. The van der Waals surface area contributed by atoms with Crippen LogP contribution in [0.5, 0.6) is 0 Å². The van der Waals surface area contributed by atoms with Crippen LogP contribution in [-0.2, 0) is 14.8 Å². The van der Waals surface area contributed by atoms with Crippen LogP contribution in [0.15, 0.2) is 17.0 Å². The highest BCUT2D eigenvalue weighted by Gasteiger charge is 2.42. The normalized spacial score (nSPS) is 28.1. The highest BCUT2D eigenvalue weighted by molar-refractivity contribution is 7.90. The Kier molecular flexibility index (Phi) is 6.17. The Labute approximate surface area is 178 Å². The molecule has 2 heterocycles.